The molecule has 5 nitrogen and oxygen atoms in total. The minimum atomic E-state index is -4.36. The van der Waals surface area contributed by atoms with Crippen LogP contribution in [-0.4, -0.2) is 15.0 Å². The Balaban J connectivity index is 2.04. The van der Waals surface area contributed by atoms with Crippen LogP contribution in [0.3, 0.4) is 0 Å². The van der Waals surface area contributed by atoms with Gasteiger partial charge >= 0.3 is 6.18 Å². The predicted molar refractivity (Wildman–Crippen MR) is 75.1 cm³/mol. The predicted octanol–water partition coefficient (Wildman–Crippen LogP) is 2.49. The van der Waals surface area contributed by atoms with E-state index in [1.54, 1.807) is 6.07 Å². The second-order valence-electron chi connectivity index (χ2n) is 4.12. The fourth-order valence-electron chi connectivity index (χ4n) is 1.70. The van der Waals surface area contributed by atoms with E-state index in [4.69, 9.17) is 11.5 Å². The summed E-state index contributed by atoms with van der Waals surface area (Å²) >= 11 is 1.24. The fraction of sp³-hybridized carbons (Fsp3) is 0.250. The second-order valence-corrected chi connectivity index (χ2v) is 5.10. The van der Waals surface area contributed by atoms with Gasteiger partial charge < -0.3 is 11.5 Å². The quantitative estimate of drug-likeness (QED) is 0.901. The van der Waals surface area contributed by atoms with Crippen molar-refractivity contribution in [3.05, 3.63) is 41.2 Å². The number of nitrogens with two attached hydrogens (primary N) is 2. The van der Waals surface area contributed by atoms with Crippen LogP contribution in [0, 0.1) is 0 Å². The van der Waals surface area contributed by atoms with Crippen LogP contribution in [0.1, 0.15) is 17.0 Å². The SMILES string of the molecule is Nc1nc(N)nc(CSCc2ccccc2C(F)(F)F)n1. The van der Waals surface area contributed by atoms with Crippen molar-refractivity contribution < 1.29 is 13.2 Å². The van der Waals surface area contributed by atoms with Crippen molar-refractivity contribution in [2.75, 3.05) is 11.5 Å². The van der Waals surface area contributed by atoms with Gasteiger partial charge in [0.1, 0.15) is 5.82 Å². The Labute approximate surface area is 123 Å². The molecule has 0 saturated carbocycles. The van der Waals surface area contributed by atoms with Crippen LogP contribution in [0.5, 0.6) is 0 Å². The van der Waals surface area contributed by atoms with E-state index in [9.17, 15) is 13.2 Å². The van der Waals surface area contributed by atoms with Crippen molar-refractivity contribution >= 4 is 23.7 Å². The van der Waals surface area contributed by atoms with Crippen LogP contribution in [-0.2, 0) is 17.7 Å². The van der Waals surface area contributed by atoms with E-state index < -0.39 is 11.7 Å². The largest absolute Gasteiger partial charge is 0.416 e. The molecule has 21 heavy (non-hydrogen) atoms. The molecule has 4 N–H and O–H groups in total. The molecule has 0 bridgehead atoms. The fourth-order valence-corrected chi connectivity index (χ4v) is 2.58. The number of halogens is 3. The van der Waals surface area contributed by atoms with Gasteiger partial charge in [-0.15, -0.1) is 11.8 Å². The summed E-state index contributed by atoms with van der Waals surface area (Å²) in [6, 6.07) is 5.45. The molecular weight excluding hydrogens is 303 g/mol. The summed E-state index contributed by atoms with van der Waals surface area (Å²) in [5.41, 5.74) is 10.4. The molecule has 1 heterocycles. The highest BCUT2D eigenvalue weighted by atomic mass is 32.2. The van der Waals surface area contributed by atoms with E-state index in [0.29, 0.717) is 11.6 Å². The number of alkyl halides is 3. The van der Waals surface area contributed by atoms with Crippen molar-refractivity contribution in [1.82, 2.24) is 15.0 Å². The maximum Gasteiger partial charge on any atom is 0.416 e. The van der Waals surface area contributed by atoms with Crippen molar-refractivity contribution in [3.8, 4) is 0 Å². The molecule has 0 spiro atoms. The molecule has 0 atom stereocenters. The smallest absolute Gasteiger partial charge is 0.368 e. The van der Waals surface area contributed by atoms with Gasteiger partial charge in [0.05, 0.1) is 11.3 Å². The maximum absolute atomic E-state index is 12.8. The van der Waals surface area contributed by atoms with Crippen LogP contribution >= 0.6 is 11.8 Å². The van der Waals surface area contributed by atoms with Crippen LogP contribution in [0.25, 0.3) is 0 Å². The molecule has 0 aliphatic heterocycles. The number of benzene rings is 1. The lowest BCUT2D eigenvalue weighted by atomic mass is 10.1. The molecule has 1 aromatic heterocycles. The molecule has 0 saturated heterocycles. The number of aromatic nitrogens is 3. The third-order valence-electron chi connectivity index (χ3n) is 2.53. The van der Waals surface area contributed by atoms with E-state index in [0.717, 1.165) is 6.07 Å². The Morgan fingerprint density at radius 3 is 2.19 bits per heavy atom. The van der Waals surface area contributed by atoms with Crippen molar-refractivity contribution in [2.24, 2.45) is 0 Å². The first-order valence-corrected chi connectivity index (χ1v) is 7.00. The van der Waals surface area contributed by atoms with E-state index >= 15 is 0 Å². The minimum absolute atomic E-state index is 0.00575. The van der Waals surface area contributed by atoms with Crippen molar-refractivity contribution in [1.29, 1.82) is 0 Å². The first kappa shape index (κ1) is 15.4. The van der Waals surface area contributed by atoms with Gasteiger partial charge in [0.2, 0.25) is 11.9 Å². The van der Waals surface area contributed by atoms with Gasteiger partial charge in [0.25, 0.3) is 0 Å². The molecule has 0 aliphatic rings. The highest BCUT2D eigenvalue weighted by Crippen LogP contribution is 2.33. The molecule has 0 amide bonds. The Hall–Kier alpha value is -2.03. The first-order chi connectivity index (χ1) is 9.86. The Morgan fingerprint density at radius 2 is 1.57 bits per heavy atom. The minimum Gasteiger partial charge on any atom is -0.368 e. The van der Waals surface area contributed by atoms with E-state index in [1.807, 2.05) is 0 Å². The number of hydrogen-bond acceptors (Lipinski definition) is 6. The number of rotatable bonds is 4. The van der Waals surface area contributed by atoms with Gasteiger partial charge in [-0.1, -0.05) is 18.2 Å². The lowest BCUT2D eigenvalue weighted by Gasteiger charge is -2.12. The number of hydrogen-bond donors (Lipinski definition) is 2. The van der Waals surface area contributed by atoms with Gasteiger partial charge in [0, 0.05) is 5.75 Å². The van der Waals surface area contributed by atoms with Gasteiger partial charge in [0.15, 0.2) is 0 Å². The third kappa shape index (κ3) is 4.22. The highest BCUT2D eigenvalue weighted by molar-refractivity contribution is 7.97. The average Bonchev–Trinajstić information content (AvgIpc) is 2.37. The molecule has 112 valence electrons. The molecule has 0 fully saturated rings. The summed E-state index contributed by atoms with van der Waals surface area (Å²) in [6.07, 6.45) is -4.36. The molecule has 2 rings (SSSR count). The summed E-state index contributed by atoms with van der Waals surface area (Å²) in [4.78, 5) is 11.4. The van der Waals surface area contributed by atoms with E-state index in [-0.39, 0.29) is 23.2 Å². The second kappa shape index (κ2) is 6.17. The zero-order chi connectivity index (χ0) is 15.5. The molecule has 0 aliphatic carbocycles. The topological polar surface area (TPSA) is 90.7 Å². The first-order valence-electron chi connectivity index (χ1n) is 5.85. The zero-order valence-corrected chi connectivity index (χ0v) is 11.6. The van der Waals surface area contributed by atoms with Gasteiger partial charge in [-0.2, -0.15) is 28.1 Å². The third-order valence-corrected chi connectivity index (χ3v) is 3.51. The van der Waals surface area contributed by atoms with Crippen LogP contribution in [0.15, 0.2) is 24.3 Å². The number of nitrogen functional groups attached to an aromatic ring is 2. The van der Waals surface area contributed by atoms with Crippen LogP contribution in [0.2, 0.25) is 0 Å². The number of thioether (sulfide) groups is 1. The summed E-state index contributed by atoms with van der Waals surface area (Å²) in [5, 5.41) is 0. The van der Waals surface area contributed by atoms with E-state index in [2.05, 4.69) is 15.0 Å². The van der Waals surface area contributed by atoms with Crippen molar-refractivity contribution in [3.63, 3.8) is 0 Å². The zero-order valence-electron chi connectivity index (χ0n) is 10.8. The summed E-state index contributed by atoms with van der Waals surface area (Å²) in [5.74, 6) is 0.807. The van der Waals surface area contributed by atoms with Crippen molar-refractivity contribution in [2.45, 2.75) is 17.7 Å². The van der Waals surface area contributed by atoms with Gasteiger partial charge in [-0.25, -0.2) is 0 Å². The lowest BCUT2D eigenvalue weighted by molar-refractivity contribution is -0.138. The molecule has 2 aromatic rings. The molecule has 9 heteroatoms. The number of anilines is 2. The normalized spacial score (nSPS) is 11.6. The standard InChI is InChI=1S/C12H12F3N5S/c13-12(14,15)8-4-2-1-3-7(8)5-21-6-9-18-10(16)20-11(17)19-9/h1-4H,5-6H2,(H4,16,17,18,19,20). The van der Waals surface area contributed by atoms with Gasteiger partial charge in [-0.3, -0.25) is 0 Å². The molecule has 1 aromatic carbocycles. The lowest BCUT2D eigenvalue weighted by Crippen LogP contribution is -2.08. The molecular formula is C12H12F3N5S. The maximum atomic E-state index is 12.8. The van der Waals surface area contributed by atoms with E-state index in [1.165, 1.54) is 23.9 Å². The summed E-state index contributed by atoms with van der Waals surface area (Å²) < 4.78 is 38.5. The molecule has 0 radical (unpaired) electrons. The van der Waals surface area contributed by atoms with Crippen LogP contribution in [0.4, 0.5) is 25.1 Å². The monoisotopic (exact) mass is 315 g/mol. The summed E-state index contributed by atoms with van der Waals surface area (Å²) in [6.45, 7) is 0. The summed E-state index contributed by atoms with van der Waals surface area (Å²) in [7, 11) is 0. The van der Waals surface area contributed by atoms with Crippen LogP contribution < -0.4 is 11.5 Å². The Morgan fingerprint density at radius 1 is 0.952 bits per heavy atom. The highest BCUT2D eigenvalue weighted by Gasteiger charge is 2.32. The Kier molecular flexibility index (Phi) is 4.51. The Bertz CT molecular complexity index is 612. The molecule has 0 unspecified atom stereocenters. The number of nitrogens with zero attached hydrogens (tertiary/aromatic N) is 3. The average molecular weight is 315 g/mol. The van der Waals surface area contributed by atoms with Gasteiger partial charge in [-0.05, 0) is 11.6 Å².